The van der Waals surface area contributed by atoms with Gasteiger partial charge in [0.2, 0.25) is 0 Å². The number of aromatic nitrogens is 2. The van der Waals surface area contributed by atoms with Crippen LogP contribution in [0.2, 0.25) is 0 Å². The van der Waals surface area contributed by atoms with Crippen LogP contribution in [0.15, 0.2) is 30.3 Å². The summed E-state index contributed by atoms with van der Waals surface area (Å²) in [6.45, 7) is 3.02. The molecule has 1 saturated carbocycles. The van der Waals surface area contributed by atoms with E-state index in [2.05, 4.69) is 17.6 Å². The second kappa shape index (κ2) is 5.31. The van der Waals surface area contributed by atoms with Crippen LogP contribution in [0, 0.1) is 0 Å². The van der Waals surface area contributed by atoms with Gasteiger partial charge in [0.1, 0.15) is 5.75 Å². The van der Waals surface area contributed by atoms with Crippen LogP contribution in [0.1, 0.15) is 37.0 Å². The van der Waals surface area contributed by atoms with Gasteiger partial charge in [0.25, 0.3) is 0 Å². The molecule has 1 unspecified atom stereocenters. The molecule has 23 heavy (non-hydrogen) atoms. The number of rotatable bonds is 4. The lowest BCUT2D eigenvalue weighted by atomic mass is 10.1. The minimum atomic E-state index is -0.306. The van der Waals surface area contributed by atoms with E-state index in [1.165, 1.54) is 5.69 Å². The van der Waals surface area contributed by atoms with Crippen molar-refractivity contribution in [2.24, 2.45) is 0 Å². The van der Waals surface area contributed by atoms with Crippen molar-refractivity contribution in [1.82, 2.24) is 9.55 Å². The molecule has 4 nitrogen and oxygen atoms in total. The predicted octanol–water partition coefficient (Wildman–Crippen LogP) is 3.73. The summed E-state index contributed by atoms with van der Waals surface area (Å²) in [5.74, 6) is 1.86. The first-order chi connectivity index (χ1) is 11.1. The average molecular weight is 330 g/mol. The van der Waals surface area contributed by atoms with Gasteiger partial charge in [0.05, 0.1) is 16.8 Å². The molecule has 2 aromatic rings. The Morgan fingerprint density at radius 3 is 2.74 bits per heavy atom. The van der Waals surface area contributed by atoms with Gasteiger partial charge in [-0.15, -0.1) is 11.6 Å². The molecule has 0 aliphatic heterocycles. The normalized spacial score (nSPS) is 21.0. The Labute approximate surface area is 140 Å². The van der Waals surface area contributed by atoms with E-state index in [-0.39, 0.29) is 11.0 Å². The molecule has 0 spiro atoms. The van der Waals surface area contributed by atoms with Gasteiger partial charge in [-0.1, -0.05) is 6.08 Å². The Balaban J connectivity index is 1.70. The van der Waals surface area contributed by atoms with Crippen molar-refractivity contribution in [3.63, 3.8) is 0 Å². The van der Waals surface area contributed by atoms with Crippen molar-refractivity contribution in [3.05, 3.63) is 47.6 Å². The average Bonchev–Trinajstić information content (AvgIpc) is 3.22. The summed E-state index contributed by atoms with van der Waals surface area (Å²) in [5, 5.41) is 0.0312. The number of nitrogens with zero attached hydrogens (tertiary/aromatic N) is 2. The Bertz CT molecular complexity index is 759. The van der Waals surface area contributed by atoms with Gasteiger partial charge in [-0.2, -0.15) is 0 Å². The zero-order chi connectivity index (χ0) is 16.0. The maximum atomic E-state index is 6.31. The number of halogens is 1. The maximum absolute atomic E-state index is 6.31. The highest BCUT2D eigenvalue weighted by atomic mass is 35.5. The second-order valence-corrected chi connectivity index (χ2v) is 6.82. The van der Waals surface area contributed by atoms with E-state index < -0.39 is 0 Å². The fourth-order valence-electron chi connectivity index (χ4n) is 3.21. The molecular weight excluding hydrogens is 310 g/mol. The van der Waals surface area contributed by atoms with Crippen LogP contribution in [0.4, 0.5) is 5.69 Å². The molecule has 1 atom stereocenters. The summed E-state index contributed by atoms with van der Waals surface area (Å²) in [4.78, 5) is 4.90. The molecule has 0 amide bonds. The highest BCUT2D eigenvalue weighted by Gasteiger charge is 2.51. The minimum Gasteiger partial charge on any atom is -0.479 e. The second-order valence-electron chi connectivity index (χ2n) is 6.26. The van der Waals surface area contributed by atoms with Crippen LogP contribution >= 0.6 is 11.6 Å². The molecule has 0 radical (unpaired) electrons. The standard InChI is InChI=1S/C18H20ClN3O/c1-2-22-16-8-3-12(19)11-15(16)21-17(22)18(9-10-18)23-14-6-4-13(20)5-7-14/h3-8,12H,2,9-11,20H2,1H3. The van der Waals surface area contributed by atoms with E-state index in [9.17, 15) is 0 Å². The van der Waals surface area contributed by atoms with Crippen LogP contribution < -0.4 is 10.5 Å². The topological polar surface area (TPSA) is 53.1 Å². The van der Waals surface area contributed by atoms with Crippen molar-refractivity contribution < 1.29 is 4.74 Å². The van der Waals surface area contributed by atoms with Crippen molar-refractivity contribution in [2.75, 3.05) is 5.73 Å². The van der Waals surface area contributed by atoms with Gasteiger partial charge in [-0.25, -0.2) is 4.98 Å². The summed E-state index contributed by atoms with van der Waals surface area (Å²) in [6.07, 6.45) is 6.89. The molecule has 2 N–H and O–H groups in total. The molecule has 1 aromatic heterocycles. The van der Waals surface area contributed by atoms with Crippen LogP contribution in [0.25, 0.3) is 6.08 Å². The molecule has 0 bridgehead atoms. The number of allylic oxidation sites excluding steroid dienone is 1. The van der Waals surface area contributed by atoms with Crippen molar-refractivity contribution >= 4 is 23.4 Å². The SMILES string of the molecule is CCn1c(C2(Oc3ccc(N)cc3)CC2)nc2c1C=CC(Cl)C2. The smallest absolute Gasteiger partial charge is 0.167 e. The number of nitrogens with two attached hydrogens (primary N) is 1. The molecule has 0 saturated heterocycles. The molecule has 120 valence electrons. The number of benzene rings is 1. The summed E-state index contributed by atoms with van der Waals surface area (Å²) in [5.41, 5.74) is 8.44. The first-order valence-electron chi connectivity index (χ1n) is 8.08. The Kier molecular flexibility index (Phi) is 3.38. The van der Waals surface area contributed by atoms with Crippen molar-refractivity contribution in [2.45, 2.75) is 43.7 Å². The van der Waals surface area contributed by atoms with E-state index in [0.29, 0.717) is 0 Å². The summed E-state index contributed by atoms with van der Waals surface area (Å²) in [7, 11) is 0. The number of imidazole rings is 1. The van der Waals surface area contributed by atoms with E-state index >= 15 is 0 Å². The van der Waals surface area contributed by atoms with Crippen molar-refractivity contribution in [1.29, 1.82) is 0 Å². The van der Waals surface area contributed by atoms with E-state index in [1.54, 1.807) is 0 Å². The van der Waals surface area contributed by atoms with Crippen LogP contribution in [-0.4, -0.2) is 14.9 Å². The fraction of sp³-hybridized carbons (Fsp3) is 0.389. The third-order valence-corrected chi connectivity index (χ3v) is 4.86. The Hall–Kier alpha value is -1.94. The predicted molar refractivity (Wildman–Crippen MR) is 92.7 cm³/mol. The third kappa shape index (κ3) is 2.51. The van der Waals surface area contributed by atoms with Gasteiger partial charge < -0.3 is 15.0 Å². The first-order valence-corrected chi connectivity index (χ1v) is 8.51. The summed E-state index contributed by atoms with van der Waals surface area (Å²) >= 11 is 6.24. The summed E-state index contributed by atoms with van der Waals surface area (Å²) in [6, 6.07) is 7.57. The highest BCUT2D eigenvalue weighted by Crippen LogP contribution is 2.49. The zero-order valence-corrected chi connectivity index (χ0v) is 13.9. The van der Waals surface area contributed by atoms with Gasteiger partial charge >= 0.3 is 0 Å². The molecule has 1 heterocycles. The minimum absolute atomic E-state index is 0.0312. The van der Waals surface area contributed by atoms with Gasteiger partial charge in [0, 0.05) is 18.7 Å². The zero-order valence-electron chi connectivity index (χ0n) is 13.1. The lowest BCUT2D eigenvalue weighted by Crippen LogP contribution is -2.21. The largest absolute Gasteiger partial charge is 0.479 e. The monoisotopic (exact) mass is 329 g/mol. The number of nitrogen functional groups attached to an aromatic ring is 1. The number of hydrogen-bond acceptors (Lipinski definition) is 3. The highest BCUT2D eigenvalue weighted by molar-refractivity contribution is 6.22. The van der Waals surface area contributed by atoms with E-state index in [1.807, 2.05) is 30.3 Å². The fourth-order valence-corrected chi connectivity index (χ4v) is 3.43. The van der Waals surface area contributed by atoms with Crippen LogP contribution in [0.3, 0.4) is 0 Å². The number of fused-ring (bicyclic) bond motifs is 1. The van der Waals surface area contributed by atoms with Gasteiger partial charge in [-0.05, 0) is 50.1 Å². The Morgan fingerprint density at radius 2 is 2.09 bits per heavy atom. The molecular formula is C18H20ClN3O. The Morgan fingerprint density at radius 1 is 1.35 bits per heavy atom. The number of hydrogen-bond donors (Lipinski definition) is 1. The molecule has 1 fully saturated rings. The molecule has 2 aliphatic rings. The van der Waals surface area contributed by atoms with E-state index in [0.717, 1.165) is 48.8 Å². The molecule has 1 aromatic carbocycles. The lowest BCUT2D eigenvalue weighted by molar-refractivity contribution is 0.165. The van der Waals surface area contributed by atoms with E-state index in [4.69, 9.17) is 27.1 Å². The number of alkyl halides is 1. The first kappa shape index (κ1) is 14.6. The molecule has 5 heteroatoms. The molecule has 2 aliphatic carbocycles. The van der Waals surface area contributed by atoms with Crippen LogP contribution in [0.5, 0.6) is 5.75 Å². The maximum Gasteiger partial charge on any atom is 0.167 e. The van der Waals surface area contributed by atoms with Crippen LogP contribution in [-0.2, 0) is 18.6 Å². The summed E-state index contributed by atoms with van der Waals surface area (Å²) < 4.78 is 8.57. The lowest BCUT2D eigenvalue weighted by Gasteiger charge is -2.19. The molecule has 4 rings (SSSR count). The van der Waals surface area contributed by atoms with Gasteiger partial charge in [-0.3, -0.25) is 0 Å². The third-order valence-electron chi connectivity index (χ3n) is 4.56. The van der Waals surface area contributed by atoms with Crippen molar-refractivity contribution in [3.8, 4) is 5.75 Å². The number of ether oxygens (including phenoxy) is 1. The quantitative estimate of drug-likeness (QED) is 0.687. The number of anilines is 1. The van der Waals surface area contributed by atoms with Gasteiger partial charge in [0.15, 0.2) is 11.4 Å².